The molecule has 0 aliphatic carbocycles. The predicted molar refractivity (Wildman–Crippen MR) is 103 cm³/mol. The van der Waals surface area contributed by atoms with Gasteiger partial charge in [0.1, 0.15) is 5.69 Å². The Labute approximate surface area is 150 Å². The van der Waals surface area contributed by atoms with Crippen LogP contribution in [0.25, 0.3) is 0 Å². The lowest BCUT2D eigenvalue weighted by Crippen LogP contribution is -2.23. The molecule has 0 unspecified atom stereocenters. The van der Waals surface area contributed by atoms with Crippen LogP contribution in [0.1, 0.15) is 61.3 Å². The number of para-hydroxylation sites is 1. The van der Waals surface area contributed by atoms with E-state index in [1.54, 1.807) is 6.07 Å². The van der Waals surface area contributed by atoms with Crippen LogP contribution in [0, 0.1) is 6.92 Å². The fourth-order valence-electron chi connectivity index (χ4n) is 2.64. The molecule has 1 heterocycles. The summed E-state index contributed by atoms with van der Waals surface area (Å²) in [5.41, 5.74) is 3.13. The highest BCUT2D eigenvalue weighted by Gasteiger charge is 2.15. The molecule has 134 valence electrons. The number of nitrogens with zero attached hydrogens (tertiary/aromatic N) is 3. The molecule has 1 N–H and O–H groups in total. The topological polar surface area (TPSA) is 58.1 Å². The maximum Gasteiger partial charge on any atom is 0.274 e. The Hall–Kier alpha value is -2.43. The minimum atomic E-state index is -0.205. The smallest absolute Gasteiger partial charge is 0.274 e. The number of anilines is 2. The molecule has 0 aliphatic rings. The average Bonchev–Trinajstić information content (AvgIpc) is 2.59. The monoisotopic (exact) mass is 340 g/mol. The zero-order chi connectivity index (χ0) is 18.4. The summed E-state index contributed by atoms with van der Waals surface area (Å²) in [5.74, 6) is 0.721. The second kappa shape index (κ2) is 8.60. The van der Waals surface area contributed by atoms with Gasteiger partial charge in [0.25, 0.3) is 5.91 Å². The van der Waals surface area contributed by atoms with E-state index in [0.717, 1.165) is 36.3 Å². The predicted octanol–water partition coefficient (Wildman–Crippen LogP) is 4.40. The Morgan fingerprint density at radius 1 is 1.24 bits per heavy atom. The maximum absolute atomic E-state index is 12.7. The number of aryl methyl sites for hydroxylation is 1. The van der Waals surface area contributed by atoms with Crippen molar-refractivity contribution >= 4 is 17.5 Å². The van der Waals surface area contributed by atoms with E-state index in [4.69, 9.17) is 0 Å². The van der Waals surface area contributed by atoms with Gasteiger partial charge in [-0.15, -0.1) is 0 Å². The lowest BCUT2D eigenvalue weighted by molar-refractivity contribution is 0.102. The number of nitrogens with one attached hydrogen (secondary N) is 1. The van der Waals surface area contributed by atoms with E-state index in [-0.39, 0.29) is 5.91 Å². The normalized spacial score (nSPS) is 10.8. The van der Waals surface area contributed by atoms with Crippen molar-refractivity contribution in [1.82, 2.24) is 9.97 Å². The van der Waals surface area contributed by atoms with Crippen LogP contribution in [0.3, 0.4) is 0 Å². The molecule has 5 heteroatoms. The van der Waals surface area contributed by atoms with E-state index in [0.29, 0.717) is 17.6 Å². The Morgan fingerprint density at radius 2 is 1.96 bits per heavy atom. The van der Waals surface area contributed by atoms with Gasteiger partial charge in [-0.05, 0) is 37.0 Å². The average molecular weight is 340 g/mol. The Kier molecular flexibility index (Phi) is 6.51. The molecule has 0 fully saturated rings. The molecule has 0 atom stereocenters. The summed E-state index contributed by atoms with van der Waals surface area (Å²) in [6, 6.07) is 9.60. The molecule has 5 nitrogen and oxygen atoms in total. The van der Waals surface area contributed by atoms with E-state index in [2.05, 4.69) is 36.1 Å². The number of aromatic nitrogens is 2. The van der Waals surface area contributed by atoms with Crippen molar-refractivity contribution in [3.8, 4) is 0 Å². The van der Waals surface area contributed by atoms with Gasteiger partial charge < -0.3 is 10.2 Å². The largest absolute Gasteiger partial charge is 0.344 e. The van der Waals surface area contributed by atoms with Crippen LogP contribution in [0.4, 0.5) is 11.6 Å². The van der Waals surface area contributed by atoms with Gasteiger partial charge in [-0.1, -0.05) is 45.4 Å². The summed E-state index contributed by atoms with van der Waals surface area (Å²) in [7, 11) is 1.96. The van der Waals surface area contributed by atoms with E-state index in [9.17, 15) is 4.79 Å². The van der Waals surface area contributed by atoms with Gasteiger partial charge >= 0.3 is 0 Å². The van der Waals surface area contributed by atoms with Crippen molar-refractivity contribution in [2.45, 2.75) is 46.5 Å². The molecule has 1 aromatic heterocycles. The van der Waals surface area contributed by atoms with Crippen LogP contribution < -0.4 is 10.2 Å². The highest BCUT2D eigenvalue weighted by Crippen LogP contribution is 2.24. The SMILES string of the molecule is CCCCN(C)c1nc(C)cc(C(=O)Nc2ccccc2C(C)C)n1. The van der Waals surface area contributed by atoms with Crippen molar-refractivity contribution in [2.75, 3.05) is 23.8 Å². The molecular weight excluding hydrogens is 312 g/mol. The summed E-state index contributed by atoms with van der Waals surface area (Å²) in [6.45, 7) is 9.13. The molecular formula is C20H28N4O. The first kappa shape index (κ1) is 18.9. The quantitative estimate of drug-likeness (QED) is 0.812. The highest BCUT2D eigenvalue weighted by atomic mass is 16.1. The first-order chi connectivity index (χ1) is 11.9. The first-order valence-electron chi connectivity index (χ1n) is 8.89. The Balaban J connectivity index is 2.24. The van der Waals surface area contributed by atoms with Gasteiger partial charge in [0.15, 0.2) is 0 Å². The third-order valence-electron chi connectivity index (χ3n) is 4.09. The van der Waals surface area contributed by atoms with E-state index in [1.165, 1.54) is 0 Å². The molecule has 1 amide bonds. The summed E-state index contributed by atoms with van der Waals surface area (Å²) < 4.78 is 0. The molecule has 0 saturated heterocycles. The number of hydrogen-bond donors (Lipinski definition) is 1. The van der Waals surface area contributed by atoms with Gasteiger partial charge in [-0.3, -0.25) is 4.79 Å². The minimum absolute atomic E-state index is 0.205. The van der Waals surface area contributed by atoms with Crippen LogP contribution in [-0.2, 0) is 0 Å². The number of carbonyl (C=O) groups excluding carboxylic acids is 1. The van der Waals surface area contributed by atoms with Crippen LogP contribution in [-0.4, -0.2) is 29.5 Å². The van der Waals surface area contributed by atoms with Crippen molar-refractivity contribution in [1.29, 1.82) is 0 Å². The number of benzene rings is 1. The number of amides is 1. The summed E-state index contributed by atoms with van der Waals surface area (Å²) in [5, 5.41) is 3.00. The Bertz CT molecular complexity index is 727. The van der Waals surface area contributed by atoms with E-state index < -0.39 is 0 Å². The zero-order valence-electron chi connectivity index (χ0n) is 15.8. The molecule has 0 bridgehead atoms. The summed E-state index contributed by atoms with van der Waals surface area (Å²) in [4.78, 5) is 23.6. The molecule has 2 rings (SSSR count). The number of carbonyl (C=O) groups is 1. The second-order valence-corrected chi connectivity index (χ2v) is 6.67. The molecule has 25 heavy (non-hydrogen) atoms. The van der Waals surface area contributed by atoms with Crippen molar-refractivity contribution in [2.24, 2.45) is 0 Å². The minimum Gasteiger partial charge on any atom is -0.344 e. The van der Waals surface area contributed by atoms with Crippen molar-refractivity contribution in [3.05, 3.63) is 47.3 Å². The van der Waals surface area contributed by atoms with Crippen molar-refractivity contribution in [3.63, 3.8) is 0 Å². The molecule has 2 aromatic rings. The zero-order valence-corrected chi connectivity index (χ0v) is 15.8. The van der Waals surface area contributed by atoms with Gasteiger partial charge in [0, 0.05) is 25.0 Å². The summed E-state index contributed by atoms with van der Waals surface area (Å²) in [6.07, 6.45) is 2.17. The van der Waals surface area contributed by atoms with Gasteiger partial charge in [0.05, 0.1) is 0 Å². The fourth-order valence-corrected chi connectivity index (χ4v) is 2.64. The first-order valence-corrected chi connectivity index (χ1v) is 8.89. The van der Waals surface area contributed by atoms with Crippen LogP contribution in [0.5, 0.6) is 0 Å². The number of rotatable bonds is 7. The number of hydrogen-bond acceptors (Lipinski definition) is 4. The molecule has 0 saturated carbocycles. The Morgan fingerprint density at radius 3 is 2.64 bits per heavy atom. The van der Waals surface area contributed by atoms with Crippen molar-refractivity contribution < 1.29 is 4.79 Å². The number of unbranched alkanes of at least 4 members (excludes halogenated alkanes) is 1. The van der Waals surface area contributed by atoms with Crippen LogP contribution in [0.2, 0.25) is 0 Å². The third-order valence-corrected chi connectivity index (χ3v) is 4.09. The third kappa shape index (κ3) is 5.02. The molecule has 0 spiro atoms. The van der Waals surface area contributed by atoms with Gasteiger partial charge in [0.2, 0.25) is 5.95 Å². The standard InChI is InChI=1S/C20H28N4O/c1-6-7-12-24(5)20-21-15(4)13-18(23-20)19(25)22-17-11-9-8-10-16(17)14(2)3/h8-11,13-14H,6-7,12H2,1-5H3,(H,22,25). The van der Waals surface area contributed by atoms with E-state index >= 15 is 0 Å². The lowest BCUT2D eigenvalue weighted by atomic mass is 10.0. The van der Waals surface area contributed by atoms with E-state index in [1.807, 2.05) is 43.1 Å². The van der Waals surface area contributed by atoms with Crippen LogP contribution >= 0.6 is 0 Å². The van der Waals surface area contributed by atoms with Crippen LogP contribution in [0.15, 0.2) is 30.3 Å². The van der Waals surface area contributed by atoms with Gasteiger partial charge in [-0.25, -0.2) is 9.97 Å². The lowest BCUT2D eigenvalue weighted by Gasteiger charge is -2.18. The van der Waals surface area contributed by atoms with Gasteiger partial charge in [-0.2, -0.15) is 0 Å². The molecule has 0 aliphatic heterocycles. The summed E-state index contributed by atoms with van der Waals surface area (Å²) >= 11 is 0. The second-order valence-electron chi connectivity index (χ2n) is 6.67. The highest BCUT2D eigenvalue weighted by molar-refractivity contribution is 6.03. The fraction of sp³-hybridized carbons (Fsp3) is 0.450. The molecule has 0 radical (unpaired) electrons. The molecule has 1 aromatic carbocycles. The maximum atomic E-state index is 12.7.